The number of rotatable bonds is 5. The molecule has 0 spiro atoms. The Hall–Kier alpha value is -1.45. The van der Waals surface area contributed by atoms with E-state index in [1.807, 2.05) is 0 Å². The van der Waals surface area contributed by atoms with E-state index < -0.39 is 5.95 Å². The van der Waals surface area contributed by atoms with Gasteiger partial charge in [-0.2, -0.15) is 9.37 Å². The maximum Gasteiger partial charge on any atom is 0.227 e. The van der Waals surface area contributed by atoms with Crippen molar-refractivity contribution in [3.63, 3.8) is 0 Å². The Labute approximate surface area is 93.6 Å². The van der Waals surface area contributed by atoms with E-state index in [2.05, 4.69) is 4.98 Å². The summed E-state index contributed by atoms with van der Waals surface area (Å²) in [6.45, 7) is 2.28. The second-order valence-corrected chi connectivity index (χ2v) is 4.02. The highest BCUT2D eigenvalue weighted by Gasteiger charge is 2.22. The Morgan fingerprint density at radius 3 is 2.88 bits per heavy atom. The van der Waals surface area contributed by atoms with Crippen LogP contribution in [0.15, 0.2) is 12.1 Å². The number of pyridine rings is 1. The van der Waals surface area contributed by atoms with Crippen LogP contribution in [0.3, 0.4) is 0 Å². The Morgan fingerprint density at radius 2 is 2.31 bits per heavy atom. The highest BCUT2D eigenvalue weighted by atomic mass is 19.1. The van der Waals surface area contributed by atoms with Gasteiger partial charge in [0, 0.05) is 12.5 Å². The van der Waals surface area contributed by atoms with E-state index in [1.165, 1.54) is 18.9 Å². The second-order valence-electron chi connectivity index (χ2n) is 4.02. The predicted octanol–water partition coefficient (Wildman–Crippen LogP) is 2.60. The minimum absolute atomic E-state index is 0.0428. The van der Waals surface area contributed by atoms with Gasteiger partial charge in [-0.15, -0.1) is 0 Å². The zero-order chi connectivity index (χ0) is 11.5. The third-order valence-electron chi connectivity index (χ3n) is 2.61. The molecular weight excluding hydrogens is 209 g/mol. The summed E-state index contributed by atoms with van der Waals surface area (Å²) in [5.74, 6) is -0.113. The molecule has 0 N–H and O–H groups in total. The molecule has 0 aliphatic heterocycles. The second kappa shape index (κ2) is 4.60. The molecule has 0 amide bonds. The number of Topliss-reactive ketones (excluding diaryl/α,β-unsaturated/α-hetero) is 1. The monoisotopic (exact) mass is 223 g/mol. The van der Waals surface area contributed by atoms with Gasteiger partial charge in [-0.25, -0.2) is 0 Å². The standard InChI is InChI=1S/C12H14FNO2/c1-2-10(15)9-5-6-11(14-12(9)13)16-7-8-3-4-8/h5-6,8H,2-4,7H2,1H3. The molecule has 16 heavy (non-hydrogen) atoms. The highest BCUT2D eigenvalue weighted by Crippen LogP contribution is 2.29. The van der Waals surface area contributed by atoms with Crippen LogP contribution in [0, 0.1) is 11.9 Å². The average molecular weight is 223 g/mol. The summed E-state index contributed by atoms with van der Waals surface area (Å²) in [7, 11) is 0. The molecule has 0 unspecified atom stereocenters. The Bertz CT molecular complexity index is 402. The van der Waals surface area contributed by atoms with E-state index in [0.717, 1.165) is 0 Å². The van der Waals surface area contributed by atoms with Crippen LogP contribution in [0.5, 0.6) is 5.88 Å². The summed E-state index contributed by atoms with van der Waals surface area (Å²) in [6.07, 6.45) is 2.63. The first kappa shape index (κ1) is 11.0. The van der Waals surface area contributed by atoms with E-state index in [1.54, 1.807) is 13.0 Å². The van der Waals surface area contributed by atoms with Crippen molar-refractivity contribution < 1.29 is 13.9 Å². The van der Waals surface area contributed by atoms with Crippen molar-refractivity contribution in [2.24, 2.45) is 5.92 Å². The van der Waals surface area contributed by atoms with Crippen LogP contribution in [0.1, 0.15) is 36.5 Å². The molecule has 1 aliphatic rings. The van der Waals surface area contributed by atoms with Crippen LogP contribution < -0.4 is 4.74 Å². The maximum absolute atomic E-state index is 13.4. The Morgan fingerprint density at radius 1 is 1.56 bits per heavy atom. The van der Waals surface area contributed by atoms with E-state index in [9.17, 15) is 9.18 Å². The Balaban J connectivity index is 2.05. The third-order valence-corrected chi connectivity index (χ3v) is 2.61. The van der Waals surface area contributed by atoms with Crippen LogP contribution in [0.4, 0.5) is 4.39 Å². The van der Waals surface area contributed by atoms with Gasteiger partial charge in [0.2, 0.25) is 11.8 Å². The number of ketones is 1. The van der Waals surface area contributed by atoms with Gasteiger partial charge in [0.15, 0.2) is 5.78 Å². The van der Waals surface area contributed by atoms with Crippen molar-refractivity contribution in [3.05, 3.63) is 23.6 Å². The van der Waals surface area contributed by atoms with Gasteiger partial charge in [-0.1, -0.05) is 6.92 Å². The van der Waals surface area contributed by atoms with Gasteiger partial charge in [0.05, 0.1) is 12.2 Å². The fourth-order valence-corrected chi connectivity index (χ4v) is 1.38. The largest absolute Gasteiger partial charge is 0.477 e. The molecule has 2 rings (SSSR count). The topological polar surface area (TPSA) is 39.2 Å². The highest BCUT2D eigenvalue weighted by molar-refractivity contribution is 5.95. The van der Waals surface area contributed by atoms with E-state index in [0.29, 0.717) is 12.5 Å². The first-order valence-electron chi connectivity index (χ1n) is 5.53. The van der Waals surface area contributed by atoms with Crippen molar-refractivity contribution in [2.75, 3.05) is 6.61 Å². The molecule has 86 valence electrons. The van der Waals surface area contributed by atoms with Gasteiger partial charge >= 0.3 is 0 Å². The van der Waals surface area contributed by atoms with Gasteiger partial charge < -0.3 is 4.74 Å². The molecule has 1 aromatic heterocycles. The molecule has 1 aliphatic carbocycles. The lowest BCUT2D eigenvalue weighted by atomic mass is 10.1. The molecule has 4 heteroatoms. The number of aromatic nitrogens is 1. The van der Waals surface area contributed by atoms with Crippen LogP contribution in [-0.4, -0.2) is 17.4 Å². The zero-order valence-corrected chi connectivity index (χ0v) is 9.20. The summed E-state index contributed by atoms with van der Waals surface area (Å²) >= 11 is 0. The zero-order valence-electron chi connectivity index (χ0n) is 9.20. The molecule has 1 saturated carbocycles. The minimum atomic E-state index is -0.736. The van der Waals surface area contributed by atoms with Crippen molar-refractivity contribution >= 4 is 5.78 Å². The third kappa shape index (κ3) is 2.56. The number of carbonyl (C=O) groups is 1. The van der Waals surface area contributed by atoms with E-state index in [-0.39, 0.29) is 23.6 Å². The van der Waals surface area contributed by atoms with Crippen LogP contribution in [-0.2, 0) is 0 Å². The van der Waals surface area contributed by atoms with Gasteiger partial charge in [0.25, 0.3) is 0 Å². The number of nitrogens with zero attached hydrogens (tertiary/aromatic N) is 1. The van der Waals surface area contributed by atoms with Gasteiger partial charge in [-0.05, 0) is 24.8 Å². The lowest BCUT2D eigenvalue weighted by Crippen LogP contribution is -2.06. The lowest BCUT2D eigenvalue weighted by Gasteiger charge is -2.05. The summed E-state index contributed by atoms with van der Waals surface area (Å²) in [5.41, 5.74) is 0.0428. The SMILES string of the molecule is CCC(=O)c1ccc(OCC2CC2)nc1F. The van der Waals surface area contributed by atoms with Gasteiger partial charge in [0.1, 0.15) is 0 Å². The maximum atomic E-state index is 13.4. The smallest absolute Gasteiger partial charge is 0.227 e. The number of ether oxygens (including phenoxy) is 1. The molecule has 0 aromatic carbocycles. The summed E-state index contributed by atoms with van der Waals surface area (Å²) in [4.78, 5) is 14.9. The minimum Gasteiger partial charge on any atom is -0.477 e. The lowest BCUT2D eigenvalue weighted by molar-refractivity contribution is 0.0983. The summed E-state index contributed by atoms with van der Waals surface area (Å²) in [6, 6.07) is 2.99. The van der Waals surface area contributed by atoms with Crippen molar-refractivity contribution in [1.29, 1.82) is 0 Å². The molecule has 1 fully saturated rings. The normalized spacial score (nSPS) is 14.9. The molecule has 1 aromatic rings. The van der Waals surface area contributed by atoms with Crippen molar-refractivity contribution in [3.8, 4) is 5.88 Å². The van der Waals surface area contributed by atoms with Gasteiger partial charge in [-0.3, -0.25) is 4.79 Å². The number of hydrogen-bond donors (Lipinski definition) is 0. The first-order chi connectivity index (χ1) is 7.70. The molecule has 0 radical (unpaired) electrons. The van der Waals surface area contributed by atoms with E-state index >= 15 is 0 Å². The predicted molar refractivity (Wildman–Crippen MR) is 57.0 cm³/mol. The summed E-state index contributed by atoms with van der Waals surface area (Å²) < 4.78 is 18.7. The Kier molecular flexibility index (Phi) is 3.17. The van der Waals surface area contributed by atoms with Crippen molar-refractivity contribution in [2.45, 2.75) is 26.2 Å². The van der Waals surface area contributed by atoms with E-state index in [4.69, 9.17) is 4.74 Å². The fraction of sp³-hybridized carbons (Fsp3) is 0.500. The summed E-state index contributed by atoms with van der Waals surface area (Å²) in [5, 5.41) is 0. The number of carbonyl (C=O) groups excluding carboxylic acids is 1. The number of halogens is 1. The number of hydrogen-bond acceptors (Lipinski definition) is 3. The average Bonchev–Trinajstić information content (AvgIpc) is 3.09. The van der Waals surface area contributed by atoms with Crippen LogP contribution in [0.25, 0.3) is 0 Å². The van der Waals surface area contributed by atoms with Crippen molar-refractivity contribution in [1.82, 2.24) is 4.98 Å². The molecular formula is C12H14FNO2. The van der Waals surface area contributed by atoms with Crippen LogP contribution >= 0.6 is 0 Å². The molecule has 3 nitrogen and oxygen atoms in total. The quantitative estimate of drug-likeness (QED) is 0.569. The molecule has 0 saturated heterocycles. The molecule has 0 bridgehead atoms. The first-order valence-corrected chi connectivity index (χ1v) is 5.53. The fourth-order valence-electron chi connectivity index (χ4n) is 1.38. The molecule has 1 heterocycles. The van der Waals surface area contributed by atoms with Crippen LogP contribution in [0.2, 0.25) is 0 Å². The molecule has 0 atom stereocenters.